The predicted octanol–water partition coefficient (Wildman–Crippen LogP) is 3.48. The molecule has 1 aliphatic carbocycles. The smallest absolute Gasteiger partial charge is 0.410 e. The van der Waals surface area contributed by atoms with Crippen LogP contribution in [0.4, 0.5) is 15.0 Å². The molecule has 9 nitrogen and oxygen atoms in total. The SMILES string of the molecule is CN(C(=O)OCc1cc(C(N)=O)no1)C1CC2(CCN(c3ccc4cc(F)ccc4n3)CC2)C1. The lowest BCUT2D eigenvalue weighted by Crippen LogP contribution is -2.55. The number of piperidine rings is 1. The Morgan fingerprint density at radius 3 is 2.71 bits per heavy atom. The number of benzene rings is 1. The molecule has 2 fully saturated rings. The highest BCUT2D eigenvalue weighted by atomic mass is 19.1. The molecule has 1 saturated heterocycles. The van der Waals surface area contributed by atoms with Crippen LogP contribution in [-0.4, -0.2) is 53.2 Å². The maximum Gasteiger partial charge on any atom is 0.410 e. The van der Waals surface area contributed by atoms with Crippen LogP contribution >= 0.6 is 0 Å². The van der Waals surface area contributed by atoms with Crippen molar-refractivity contribution in [3.8, 4) is 0 Å². The second-order valence-corrected chi connectivity index (χ2v) is 9.26. The van der Waals surface area contributed by atoms with Crippen LogP contribution in [0, 0.1) is 11.2 Å². The number of amides is 2. The van der Waals surface area contributed by atoms with Gasteiger partial charge in [-0.2, -0.15) is 0 Å². The van der Waals surface area contributed by atoms with Crippen molar-refractivity contribution in [1.82, 2.24) is 15.0 Å². The Kier molecular flexibility index (Phi) is 5.59. The Hall–Kier alpha value is -3.69. The van der Waals surface area contributed by atoms with E-state index in [0.29, 0.717) is 0 Å². The molecule has 10 heteroatoms. The number of nitrogens with two attached hydrogens (primary N) is 1. The number of rotatable bonds is 5. The van der Waals surface area contributed by atoms with E-state index in [1.807, 2.05) is 12.1 Å². The molecule has 5 rings (SSSR count). The number of halogens is 1. The molecular formula is C24H26FN5O4. The number of primary amides is 1. The largest absolute Gasteiger partial charge is 0.441 e. The summed E-state index contributed by atoms with van der Waals surface area (Å²) in [6.45, 7) is 1.68. The molecular weight excluding hydrogens is 441 g/mol. The number of ether oxygens (including phenoxy) is 1. The van der Waals surface area contributed by atoms with E-state index in [1.54, 1.807) is 18.0 Å². The van der Waals surface area contributed by atoms with Crippen molar-refractivity contribution < 1.29 is 23.2 Å². The van der Waals surface area contributed by atoms with Gasteiger partial charge in [0.15, 0.2) is 18.1 Å². The van der Waals surface area contributed by atoms with E-state index in [9.17, 15) is 14.0 Å². The molecule has 178 valence electrons. The zero-order valence-electron chi connectivity index (χ0n) is 18.9. The average Bonchev–Trinajstić information content (AvgIpc) is 3.30. The number of nitrogens with zero attached hydrogens (tertiary/aromatic N) is 4. The molecule has 2 amide bonds. The third-order valence-corrected chi connectivity index (χ3v) is 7.11. The van der Waals surface area contributed by atoms with Gasteiger partial charge in [-0.25, -0.2) is 14.2 Å². The molecule has 2 aliphatic rings. The molecule has 2 aromatic heterocycles. The predicted molar refractivity (Wildman–Crippen MR) is 122 cm³/mol. The summed E-state index contributed by atoms with van der Waals surface area (Å²) < 4.78 is 23.7. The highest BCUT2D eigenvalue weighted by Gasteiger charge is 2.48. The molecule has 1 spiro atoms. The minimum atomic E-state index is -0.698. The van der Waals surface area contributed by atoms with E-state index in [2.05, 4.69) is 10.1 Å². The standard InChI is InChI=1S/C24H26FN5O4/c1-29(23(32)33-14-18-11-20(22(26)31)28-34-18)17-12-24(13-17)6-8-30(9-7-24)21-5-2-15-10-16(25)3-4-19(15)27-21/h2-5,10-11,17H,6-9,12-14H2,1H3,(H2,26,31). The number of fused-ring (bicyclic) bond motifs is 1. The molecule has 0 atom stereocenters. The minimum Gasteiger partial charge on any atom is -0.441 e. The number of pyridine rings is 1. The summed E-state index contributed by atoms with van der Waals surface area (Å²) in [5.41, 5.74) is 6.16. The zero-order chi connectivity index (χ0) is 23.9. The van der Waals surface area contributed by atoms with Crippen LogP contribution < -0.4 is 10.6 Å². The van der Waals surface area contributed by atoms with E-state index in [1.165, 1.54) is 18.2 Å². The fourth-order valence-corrected chi connectivity index (χ4v) is 4.97. The Labute approximate surface area is 195 Å². The van der Waals surface area contributed by atoms with E-state index in [0.717, 1.165) is 55.5 Å². The molecule has 34 heavy (non-hydrogen) atoms. The van der Waals surface area contributed by atoms with Crippen molar-refractivity contribution in [2.75, 3.05) is 25.0 Å². The third-order valence-electron chi connectivity index (χ3n) is 7.11. The summed E-state index contributed by atoms with van der Waals surface area (Å²) in [6, 6.07) is 10.0. The van der Waals surface area contributed by atoms with E-state index >= 15 is 0 Å². The highest BCUT2D eigenvalue weighted by Crippen LogP contribution is 2.51. The minimum absolute atomic E-state index is 0.000493. The van der Waals surface area contributed by atoms with Crippen LogP contribution in [0.1, 0.15) is 41.9 Å². The second kappa shape index (κ2) is 8.58. The first-order chi connectivity index (χ1) is 16.3. The molecule has 3 aromatic rings. The monoisotopic (exact) mass is 467 g/mol. The lowest BCUT2D eigenvalue weighted by Gasteiger charge is -2.54. The van der Waals surface area contributed by atoms with Crippen molar-refractivity contribution in [2.45, 2.75) is 38.3 Å². The maximum absolute atomic E-state index is 13.4. The first-order valence-electron chi connectivity index (χ1n) is 11.3. The van der Waals surface area contributed by atoms with Crippen LogP contribution in [0.2, 0.25) is 0 Å². The maximum atomic E-state index is 13.4. The lowest BCUT2D eigenvalue weighted by atomic mass is 9.60. The lowest BCUT2D eigenvalue weighted by molar-refractivity contribution is -0.00937. The van der Waals surface area contributed by atoms with Gasteiger partial charge in [0.2, 0.25) is 0 Å². The molecule has 0 unspecified atom stereocenters. The van der Waals surface area contributed by atoms with Crippen molar-refractivity contribution in [3.05, 3.63) is 53.7 Å². The summed E-state index contributed by atoms with van der Waals surface area (Å²) in [7, 11) is 1.74. The van der Waals surface area contributed by atoms with Gasteiger partial charge in [-0.1, -0.05) is 5.16 Å². The Bertz CT molecular complexity index is 1230. The summed E-state index contributed by atoms with van der Waals surface area (Å²) in [5.74, 6) is 0.222. The first-order valence-corrected chi connectivity index (χ1v) is 11.3. The fourth-order valence-electron chi connectivity index (χ4n) is 4.97. The van der Waals surface area contributed by atoms with Gasteiger partial charge in [-0.3, -0.25) is 4.79 Å². The van der Waals surface area contributed by atoms with Crippen LogP contribution in [-0.2, 0) is 11.3 Å². The van der Waals surface area contributed by atoms with E-state index in [4.69, 9.17) is 20.0 Å². The van der Waals surface area contributed by atoms with Gasteiger partial charge in [0.1, 0.15) is 11.6 Å². The molecule has 2 N–H and O–H groups in total. The highest BCUT2D eigenvalue weighted by molar-refractivity contribution is 5.90. The molecule has 1 aromatic carbocycles. The molecule has 0 bridgehead atoms. The quantitative estimate of drug-likeness (QED) is 0.611. The number of carbonyl (C=O) groups is 2. The molecule has 1 saturated carbocycles. The third kappa shape index (κ3) is 4.27. The van der Waals surface area contributed by atoms with Gasteiger partial charge in [0.25, 0.3) is 5.91 Å². The van der Waals surface area contributed by atoms with Crippen molar-refractivity contribution in [3.63, 3.8) is 0 Å². The van der Waals surface area contributed by atoms with Crippen molar-refractivity contribution in [1.29, 1.82) is 0 Å². The van der Waals surface area contributed by atoms with Gasteiger partial charge in [-0.05, 0) is 61.4 Å². The molecule has 1 aliphatic heterocycles. The number of carbonyl (C=O) groups excluding carboxylic acids is 2. The van der Waals surface area contributed by atoms with E-state index < -0.39 is 12.0 Å². The average molecular weight is 468 g/mol. The van der Waals surface area contributed by atoms with Crippen LogP contribution in [0.3, 0.4) is 0 Å². The van der Waals surface area contributed by atoms with Gasteiger partial charge in [0, 0.05) is 37.6 Å². The van der Waals surface area contributed by atoms with Crippen LogP contribution in [0.25, 0.3) is 10.9 Å². The summed E-state index contributed by atoms with van der Waals surface area (Å²) in [5, 5.41) is 4.32. The number of aromatic nitrogens is 2. The summed E-state index contributed by atoms with van der Waals surface area (Å²) in [6.07, 6.45) is 3.49. The summed E-state index contributed by atoms with van der Waals surface area (Å²) in [4.78, 5) is 32.1. The summed E-state index contributed by atoms with van der Waals surface area (Å²) >= 11 is 0. The fraction of sp³-hybridized carbons (Fsp3) is 0.417. The Balaban J connectivity index is 1.11. The first kappa shape index (κ1) is 22.1. The van der Waals surface area contributed by atoms with Gasteiger partial charge < -0.3 is 24.8 Å². The number of hydrogen-bond acceptors (Lipinski definition) is 7. The van der Waals surface area contributed by atoms with Gasteiger partial charge in [0.05, 0.1) is 5.52 Å². The van der Waals surface area contributed by atoms with Crippen molar-refractivity contribution >= 4 is 28.7 Å². The van der Waals surface area contributed by atoms with Crippen molar-refractivity contribution in [2.24, 2.45) is 11.1 Å². The normalized spacial score (nSPS) is 17.5. The topological polar surface area (TPSA) is 115 Å². The molecule has 0 radical (unpaired) electrons. The van der Waals surface area contributed by atoms with E-state index in [-0.39, 0.29) is 35.3 Å². The Morgan fingerprint density at radius 2 is 2.00 bits per heavy atom. The number of anilines is 1. The zero-order valence-corrected chi connectivity index (χ0v) is 18.9. The molecule has 3 heterocycles. The number of hydrogen-bond donors (Lipinski definition) is 1. The van der Waals surface area contributed by atoms with Gasteiger partial charge >= 0.3 is 6.09 Å². The van der Waals surface area contributed by atoms with Crippen LogP contribution in [0.15, 0.2) is 40.9 Å². The van der Waals surface area contributed by atoms with Crippen LogP contribution in [0.5, 0.6) is 0 Å². The second-order valence-electron chi connectivity index (χ2n) is 9.26. The Morgan fingerprint density at radius 1 is 1.24 bits per heavy atom. The van der Waals surface area contributed by atoms with Gasteiger partial charge in [-0.15, -0.1) is 0 Å².